The highest BCUT2D eigenvalue weighted by Gasteiger charge is 2.30. The van der Waals surface area contributed by atoms with Gasteiger partial charge in [-0.05, 0) is 52.4 Å². The number of rotatable bonds is 4. The monoisotopic (exact) mass is 434 g/mol. The number of urea groups is 1. The average molecular weight is 434 g/mol. The van der Waals surface area contributed by atoms with Crippen LogP contribution in [-0.4, -0.2) is 23.9 Å². The fourth-order valence-corrected chi connectivity index (χ4v) is 2.61. The molecular formula is C18H15IN2O3. The molecule has 1 aliphatic heterocycles. The van der Waals surface area contributed by atoms with Crippen molar-refractivity contribution in [3.05, 3.63) is 68.9 Å². The first-order valence-corrected chi connectivity index (χ1v) is 8.39. The van der Waals surface area contributed by atoms with Gasteiger partial charge in [0.2, 0.25) is 0 Å². The number of carbonyl (C=O) groups is 2. The predicted octanol–water partition coefficient (Wildman–Crippen LogP) is 3.39. The minimum absolute atomic E-state index is 0.243. The molecular weight excluding hydrogens is 419 g/mol. The van der Waals surface area contributed by atoms with Gasteiger partial charge in [0.1, 0.15) is 18.1 Å². The van der Waals surface area contributed by atoms with Crippen molar-refractivity contribution in [2.75, 3.05) is 7.05 Å². The third kappa shape index (κ3) is 3.59. The van der Waals surface area contributed by atoms with Gasteiger partial charge in [-0.3, -0.25) is 9.69 Å². The molecule has 0 saturated carbocycles. The average Bonchev–Trinajstić information content (AvgIpc) is 2.82. The van der Waals surface area contributed by atoms with Gasteiger partial charge in [0.15, 0.2) is 0 Å². The van der Waals surface area contributed by atoms with E-state index in [-0.39, 0.29) is 11.6 Å². The van der Waals surface area contributed by atoms with Crippen LogP contribution in [0.1, 0.15) is 11.1 Å². The van der Waals surface area contributed by atoms with Crippen LogP contribution in [0.2, 0.25) is 0 Å². The number of imide groups is 1. The number of likely N-dealkylation sites (N-methyl/N-ethyl adjacent to an activating group) is 1. The normalized spacial score (nSPS) is 15.8. The van der Waals surface area contributed by atoms with E-state index in [1.54, 1.807) is 6.08 Å². The zero-order valence-corrected chi connectivity index (χ0v) is 15.1. The minimum Gasteiger partial charge on any atom is -0.488 e. The molecule has 1 heterocycles. The summed E-state index contributed by atoms with van der Waals surface area (Å²) in [5.41, 5.74) is 2.04. The molecule has 0 radical (unpaired) electrons. The van der Waals surface area contributed by atoms with Crippen LogP contribution in [0.3, 0.4) is 0 Å². The first kappa shape index (κ1) is 16.5. The number of hydrogen-bond acceptors (Lipinski definition) is 3. The molecule has 0 aromatic heterocycles. The molecule has 1 aliphatic rings. The Kier molecular flexibility index (Phi) is 4.84. The molecule has 5 nitrogen and oxygen atoms in total. The van der Waals surface area contributed by atoms with Crippen molar-refractivity contribution in [2.45, 2.75) is 6.61 Å². The molecule has 0 unspecified atom stereocenters. The lowest BCUT2D eigenvalue weighted by Gasteiger charge is -2.10. The van der Waals surface area contributed by atoms with E-state index in [4.69, 9.17) is 4.74 Å². The molecule has 3 rings (SSSR count). The van der Waals surface area contributed by atoms with Crippen LogP contribution >= 0.6 is 22.6 Å². The maximum Gasteiger partial charge on any atom is 0.328 e. The molecule has 24 heavy (non-hydrogen) atoms. The Morgan fingerprint density at radius 1 is 1.12 bits per heavy atom. The van der Waals surface area contributed by atoms with Gasteiger partial charge in [-0.1, -0.05) is 30.3 Å². The smallest absolute Gasteiger partial charge is 0.328 e. The second-order valence-electron chi connectivity index (χ2n) is 5.31. The first-order valence-electron chi connectivity index (χ1n) is 7.31. The Morgan fingerprint density at radius 2 is 1.83 bits per heavy atom. The summed E-state index contributed by atoms with van der Waals surface area (Å²) in [6, 6.07) is 15.0. The highest BCUT2D eigenvalue weighted by Crippen LogP contribution is 2.23. The molecule has 1 saturated heterocycles. The Bertz CT molecular complexity index is 815. The molecule has 6 heteroatoms. The molecule has 0 atom stereocenters. The topological polar surface area (TPSA) is 58.6 Å². The molecule has 0 aliphatic carbocycles. The standard InChI is InChI=1S/C18H15IN2O3/c1-21-17(22)15(20-18(21)23)10-13-4-2-3-5-16(13)24-11-12-6-8-14(19)9-7-12/h2-10H,11H2,1H3,(H,20,23)/b15-10+. The van der Waals surface area contributed by atoms with Crippen molar-refractivity contribution in [1.29, 1.82) is 0 Å². The number of nitrogens with one attached hydrogen (secondary N) is 1. The van der Waals surface area contributed by atoms with Crippen LogP contribution < -0.4 is 10.1 Å². The lowest BCUT2D eigenvalue weighted by Crippen LogP contribution is -2.25. The lowest BCUT2D eigenvalue weighted by atomic mass is 10.1. The van der Waals surface area contributed by atoms with E-state index < -0.39 is 6.03 Å². The molecule has 0 bridgehead atoms. The molecule has 1 N–H and O–H groups in total. The molecule has 122 valence electrons. The quantitative estimate of drug-likeness (QED) is 0.456. The molecule has 1 fully saturated rings. The maximum atomic E-state index is 12.0. The Morgan fingerprint density at radius 3 is 2.50 bits per heavy atom. The summed E-state index contributed by atoms with van der Waals surface area (Å²) >= 11 is 2.26. The van der Waals surface area contributed by atoms with Crippen LogP contribution in [0.4, 0.5) is 4.79 Å². The van der Waals surface area contributed by atoms with E-state index in [0.29, 0.717) is 12.4 Å². The molecule has 2 aromatic rings. The largest absolute Gasteiger partial charge is 0.488 e. The fourth-order valence-electron chi connectivity index (χ4n) is 2.25. The summed E-state index contributed by atoms with van der Waals surface area (Å²) in [7, 11) is 1.44. The van der Waals surface area contributed by atoms with Crippen molar-refractivity contribution < 1.29 is 14.3 Å². The van der Waals surface area contributed by atoms with E-state index in [9.17, 15) is 9.59 Å². The van der Waals surface area contributed by atoms with E-state index >= 15 is 0 Å². The molecule has 0 spiro atoms. The highest BCUT2D eigenvalue weighted by atomic mass is 127. The van der Waals surface area contributed by atoms with Gasteiger partial charge in [0.25, 0.3) is 5.91 Å². The first-order chi connectivity index (χ1) is 11.5. The Balaban J connectivity index is 1.79. The number of halogens is 1. The van der Waals surface area contributed by atoms with Crippen LogP contribution in [0, 0.1) is 3.57 Å². The second kappa shape index (κ2) is 7.04. The van der Waals surface area contributed by atoms with Gasteiger partial charge in [-0.15, -0.1) is 0 Å². The highest BCUT2D eigenvalue weighted by molar-refractivity contribution is 14.1. The summed E-state index contributed by atoms with van der Waals surface area (Å²) in [5, 5.41) is 2.55. The van der Waals surface area contributed by atoms with Crippen molar-refractivity contribution in [1.82, 2.24) is 10.2 Å². The van der Waals surface area contributed by atoms with Crippen molar-refractivity contribution in [3.8, 4) is 5.75 Å². The third-order valence-corrected chi connectivity index (χ3v) is 4.33. The summed E-state index contributed by atoms with van der Waals surface area (Å²) in [5.74, 6) is 0.299. The van der Waals surface area contributed by atoms with Gasteiger partial charge >= 0.3 is 6.03 Å². The van der Waals surface area contributed by atoms with Gasteiger partial charge in [-0.25, -0.2) is 4.79 Å². The number of benzene rings is 2. The number of amides is 3. The van der Waals surface area contributed by atoms with Crippen LogP contribution in [0.25, 0.3) is 6.08 Å². The minimum atomic E-state index is -0.427. The molecule has 2 aromatic carbocycles. The zero-order valence-electron chi connectivity index (χ0n) is 13.0. The third-order valence-electron chi connectivity index (χ3n) is 3.61. The number of para-hydroxylation sites is 1. The number of nitrogens with zero attached hydrogens (tertiary/aromatic N) is 1. The van der Waals surface area contributed by atoms with Crippen LogP contribution in [0.5, 0.6) is 5.75 Å². The predicted molar refractivity (Wildman–Crippen MR) is 99.2 cm³/mol. The number of carbonyl (C=O) groups excluding carboxylic acids is 2. The molecule has 3 amide bonds. The zero-order chi connectivity index (χ0) is 17.1. The van der Waals surface area contributed by atoms with Crippen LogP contribution in [-0.2, 0) is 11.4 Å². The maximum absolute atomic E-state index is 12.0. The summed E-state index contributed by atoms with van der Waals surface area (Å²) < 4.78 is 7.05. The number of hydrogen-bond donors (Lipinski definition) is 1. The van der Waals surface area contributed by atoms with Crippen molar-refractivity contribution in [2.24, 2.45) is 0 Å². The van der Waals surface area contributed by atoms with Crippen molar-refractivity contribution >= 4 is 40.6 Å². The SMILES string of the molecule is CN1C(=O)N/C(=C/c2ccccc2OCc2ccc(I)cc2)C1=O. The van der Waals surface area contributed by atoms with E-state index in [0.717, 1.165) is 16.0 Å². The lowest BCUT2D eigenvalue weighted by molar-refractivity contribution is -0.121. The van der Waals surface area contributed by atoms with Gasteiger partial charge < -0.3 is 10.1 Å². The summed E-state index contributed by atoms with van der Waals surface area (Å²) in [4.78, 5) is 24.5. The van der Waals surface area contributed by atoms with Gasteiger partial charge in [0.05, 0.1) is 0 Å². The van der Waals surface area contributed by atoms with E-state index in [1.165, 1.54) is 10.6 Å². The Hall–Kier alpha value is -2.35. The number of ether oxygens (including phenoxy) is 1. The summed E-state index contributed by atoms with van der Waals surface area (Å²) in [6.07, 6.45) is 1.63. The van der Waals surface area contributed by atoms with Crippen molar-refractivity contribution in [3.63, 3.8) is 0 Å². The van der Waals surface area contributed by atoms with E-state index in [1.807, 2.05) is 48.5 Å². The summed E-state index contributed by atoms with van der Waals surface area (Å²) in [6.45, 7) is 0.428. The van der Waals surface area contributed by atoms with Gasteiger partial charge in [0, 0.05) is 16.2 Å². The second-order valence-corrected chi connectivity index (χ2v) is 6.55. The van der Waals surface area contributed by atoms with E-state index in [2.05, 4.69) is 27.9 Å². The Labute approximate surface area is 153 Å². The fraction of sp³-hybridized carbons (Fsp3) is 0.111. The van der Waals surface area contributed by atoms with Crippen LogP contribution in [0.15, 0.2) is 54.2 Å². The van der Waals surface area contributed by atoms with Gasteiger partial charge in [-0.2, -0.15) is 0 Å².